The number of phenols is 3. The predicted octanol–water partition coefficient (Wildman–Crippen LogP) is 5.91. The summed E-state index contributed by atoms with van der Waals surface area (Å²) in [6.45, 7) is 6.18. The third-order valence-corrected chi connectivity index (χ3v) is 5.54. The van der Waals surface area contributed by atoms with Gasteiger partial charge in [-0.2, -0.15) is 0 Å². The maximum atomic E-state index is 12.9. The van der Waals surface area contributed by atoms with Crippen molar-refractivity contribution in [2.75, 3.05) is 7.11 Å². The molecular formula is C26H30O6. The predicted molar refractivity (Wildman–Crippen MR) is 124 cm³/mol. The van der Waals surface area contributed by atoms with Crippen LogP contribution in [0.15, 0.2) is 42.0 Å². The van der Waals surface area contributed by atoms with Gasteiger partial charge in [0, 0.05) is 6.07 Å². The average molecular weight is 439 g/mol. The first kappa shape index (κ1) is 23.3. The van der Waals surface area contributed by atoms with Crippen molar-refractivity contribution in [2.24, 2.45) is 5.92 Å². The molecule has 32 heavy (non-hydrogen) atoms. The first-order valence-electron chi connectivity index (χ1n) is 10.7. The van der Waals surface area contributed by atoms with Crippen LogP contribution in [0.25, 0.3) is 6.08 Å². The summed E-state index contributed by atoms with van der Waals surface area (Å²) in [5.41, 5.74) is 2.20. The van der Waals surface area contributed by atoms with Crippen molar-refractivity contribution in [1.29, 1.82) is 0 Å². The molecular weight excluding hydrogens is 408 g/mol. The van der Waals surface area contributed by atoms with E-state index in [1.807, 2.05) is 6.08 Å². The molecule has 0 saturated carbocycles. The van der Waals surface area contributed by atoms with E-state index >= 15 is 0 Å². The summed E-state index contributed by atoms with van der Waals surface area (Å²) in [4.78, 5) is 12.9. The molecule has 2 atom stereocenters. The lowest BCUT2D eigenvalue weighted by Gasteiger charge is -2.27. The van der Waals surface area contributed by atoms with E-state index in [1.165, 1.54) is 24.8 Å². The van der Waals surface area contributed by atoms with Crippen LogP contribution in [0, 0.1) is 5.92 Å². The Labute approximate surface area is 188 Å². The lowest BCUT2D eigenvalue weighted by molar-refractivity contribution is 0.0844. The number of hydrogen-bond acceptors (Lipinski definition) is 6. The molecule has 170 valence electrons. The average Bonchev–Trinajstić information content (AvgIpc) is 2.73. The number of methoxy groups -OCH3 is 1. The van der Waals surface area contributed by atoms with Crippen molar-refractivity contribution in [3.63, 3.8) is 0 Å². The Hall–Kier alpha value is -3.41. The van der Waals surface area contributed by atoms with Crippen molar-refractivity contribution < 1.29 is 29.6 Å². The summed E-state index contributed by atoms with van der Waals surface area (Å²) in [7, 11) is 1.44. The van der Waals surface area contributed by atoms with Crippen molar-refractivity contribution >= 4 is 11.9 Å². The van der Waals surface area contributed by atoms with E-state index in [0.29, 0.717) is 5.56 Å². The largest absolute Gasteiger partial charge is 0.507 e. The summed E-state index contributed by atoms with van der Waals surface area (Å²) >= 11 is 0. The van der Waals surface area contributed by atoms with Gasteiger partial charge in [-0.25, -0.2) is 0 Å². The number of carbonyl (C=O) groups is 1. The maximum absolute atomic E-state index is 12.9. The Kier molecular flexibility index (Phi) is 7.13. The third kappa shape index (κ3) is 5.07. The molecule has 0 amide bonds. The zero-order valence-electron chi connectivity index (χ0n) is 18.9. The number of phenolic OH excluding ortho intramolecular Hbond substituents is 3. The minimum atomic E-state index is -0.625. The summed E-state index contributed by atoms with van der Waals surface area (Å²) in [5.74, 6) is -0.102. The fourth-order valence-corrected chi connectivity index (χ4v) is 3.71. The minimum Gasteiger partial charge on any atom is -0.507 e. The summed E-state index contributed by atoms with van der Waals surface area (Å²) in [5, 5.41) is 31.1. The third-order valence-electron chi connectivity index (χ3n) is 5.54. The molecule has 0 saturated heterocycles. The molecule has 6 heteroatoms. The minimum absolute atomic E-state index is 0.0133. The van der Waals surface area contributed by atoms with Crippen LogP contribution in [-0.2, 0) is 0 Å². The van der Waals surface area contributed by atoms with Gasteiger partial charge in [0.1, 0.15) is 28.9 Å². The number of ketones is 1. The van der Waals surface area contributed by atoms with Crippen LogP contribution in [0.2, 0.25) is 0 Å². The van der Waals surface area contributed by atoms with Crippen LogP contribution < -0.4 is 9.47 Å². The number of Topliss-reactive ketones (excluding diaryl/α,β-unsaturated/α-hetero) is 1. The number of aromatic hydroxyl groups is 3. The fourth-order valence-electron chi connectivity index (χ4n) is 3.71. The van der Waals surface area contributed by atoms with Crippen molar-refractivity contribution in [2.45, 2.75) is 46.1 Å². The Morgan fingerprint density at radius 3 is 2.66 bits per heavy atom. The van der Waals surface area contributed by atoms with Crippen molar-refractivity contribution in [1.82, 2.24) is 0 Å². The number of allylic oxidation sites excluding steroid dienone is 3. The normalized spacial score (nSPS) is 16.4. The second-order valence-corrected chi connectivity index (χ2v) is 8.39. The monoisotopic (exact) mass is 438 g/mol. The fraction of sp³-hybridized carbons (Fsp3) is 0.346. The first-order valence-corrected chi connectivity index (χ1v) is 10.7. The van der Waals surface area contributed by atoms with Gasteiger partial charge in [-0.15, -0.1) is 0 Å². The zero-order chi connectivity index (χ0) is 23.4. The molecule has 0 aliphatic carbocycles. The van der Waals surface area contributed by atoms with Crippen LogP contribution in [-0.4, -0.2) is 28.2 Å². The van der Waals surface area contributed by atoms with Crippen LogP contribution in [0.1, 0.15) is 67.6 Å². The van der Waals surface area contributed by atoms with E-state index in [1.54, 1.807) is 18.2 Å². The van der Waals surface area contributed by atoms with Gasteiger partial charge in [0.15, 0.2) is 17.3 Å². The van der Waals surface area contributed by atoms with Gasteiger partial charge >= 0.3 is 0 Å². The van der Waals surface area contributed by atoms with Crippen molar-refractivity contribution in [3.05, 3.63) is 58.7 Å². The molecule has 0 fully saturated rings. The SMILES string of the molecule is COc1cc([C@@H]2CC(=O)c3c(cc(O)c(C=C[C@H](C)CCC=C(C)C)c3O)O2)ccc1O. The van der Waals surface area contributed by atoms with E-state index < -0.39 is 6.10 Å². The van der Waals surface area contributed by atoms with Gasteiger partial charge in [-0.3, -0.25) is 4.79 Å². The Morgan fingerprint density at radius 2 is 1.97 bits per heavy atom. The van der Waals surface area contributed by atoms with Gasteiger partial charge in [-0.1, -0.05) is 36.8 Å². The highest BCUT2D eigenvalue weighted by Gasteiger charge is 2.32. The standard InChI is InChI=1S/C26H30O6/c1-15(2)6-5-7-16(3)8-10-18-20(28)13-24-25(26(18)30)21(29)14-22(32-24)17-9-11-19(27)23(12-17)31-4/h6,8-13,16,22,27-28,30H,5,7,14H2,1-4H3/t16-,22+/m1/s1. The molecule has 0 spiro atoms. The van der Waals surface area contributed by atoms with E-state index in [-0.39, 0.29) is 58.0 Å². The molecule has 3 N–H and O–H groups in total. The van der Waals surface area contributed by atoms with E-state index in [9.17, 15) is 20.1 Å². The van der Waals surface area contributed by atoms with Gasteiger partial charge < -0.3 is 24.8 Å². The second-order valence-electron chi connectivity index (χ2n) is 8.39. The number of benzene rings is 2. The van der Waals surface area contributed by atoms with Gasteiger partial charge in [0.2, 0.25) is 0 Å². The van der Waals surface area contributed by atoms with Gasteiger partial charge in [0.25, 0.3) is 0 Å². The number of ether oxygens (including phenoxy) is 2. The Morgan fingerprint density at radius 1 is 1.22 bits per heavy atom. The highest BCUT2D eigenvalue weighted by atomic mass is 16.5. The maximum Gasteiger partial charge on any atom is 0.174 e. The number of carbonyl (C=O) groups excluding carboxylic acids is 1. The molecule has 1 aliphatic heterocycles. The van der Waals surface area contributed by atoms with Gasteiger partial charge in [-0.05, 0) is 50.3 Å². The zero-order valence-corrected chi connectivity index (χ0v) is 18.9. The Balaban J connectivity index is 1.85. The molecule has 3 rings (SSSR count). The quantitative estimate of drug-likeness (QED) is 0.465. The Bertz CT molecular complexity index is 1060. The smallest absolute Gasteiger partial charge is 0.174 e. The van der Waals surface area contributed by atoms with E-state index in [2.05, 4.69) is 26.8 Å². The molecule has 0 aromatic heterocycles. The number of rotatable bonds is 7. The molecule has 1 aliphatic rings. The molecule has 0 bridgehead atoms. The topological polar surface area (TPSA) is 96.2 Å². The molecule has 0 radical (unpaired) electrons. The number of fused-ring (bicyclic) bond motifs is 1. The molecule has 2 aromatic carbocycles. The van der Waals surface area contributed by atoms with E-state index in [4.69, 9.17) is 9.47 Å². The summed E-state index contributed by atoms with van der Waals surface area (Å²) < 4.78 is 11.1. The number of hydrogen-bond donors (Lipinski definition) is 3. The molecule has 1 heterocycles. The second kappa shape index (κ2) is 9.81. The first-order chi connectivity index (χ1) is 15.2. The summed E-state index contributed by atoms with van der Waals surface area (Å²) in [6, 6.07) is 6.09. The van der Waals surface area contributed by atoms with Gasteiger partial charge in [0.05, 0.1) is 19.1 Å². The van der Waals surface area contributed by atoms with Crippen LogP contribution in [0.4, 0.5) is 0 Å². The van der Waals surface area contributed by atoms with Crippen molar-refractivity contribution in [3.8, 4) is 28.7 Å². The highest BCUT2D eigenvalue weighted by Crippen LogP contribution is 2.45. The highest BCUT2D eigenvalue weighted by molar-refractivity contribution is 6.04. The molecule has 0 unspecified atom stereocenters. The molecule has 6 nitrogen and oxygen atoms in total. The van der Waals surface area contributed by atoms with Crippen LogP contribution in [0.3, 0.4) is 0 Å². The lowest BCUT2D eigenvalue weighted by atomic mass is 9.93. The van der Waals surface area contributed by atoms with Crippen LogP contribution in [0.5, 0.6) is 28.7 Å². The lowest BCUT2D eigenvalue weighted by Crippen LogP contribution is -2.20. The van der Waals surface area contributed by atoms with E-state index in [0.717, 1.165) is 12.8 Å². The van der Waals surface area contributed by atoms with Crippen LogP contribution >= 0.6 is 0 Å². The molecule has 2 aromatic rings. The summed E-state index contributed by atoms with van der Waals surface area (Å²) in [6.07, 6.45) is 7.03.